The van der Waals surface area contributed by atoms with Crippen LogP contribution in [0.2, 0.25) is 0 Å². The van der Waals surface area contributed by atoms with Gasteiger partial charge < -0.3 is 58.1 Å². The van der Waals surface area contributed by atoms with E-state index < -0.39 is 79.4 Å². The third kappa shape index (κ3) is 12.5. The Kier molecular flexibility index (Phi) is 15.7. The van der Waals surface area contributed by atoms with Gasteiger partial charge in [-0.25, -0.2) is 4.79 Å². The molecule has 1 aliphatic heterocycles. The predicted molar refractivity (Wildman–Crippen MR) is 151 cm³/mol. The largest absolute Gasteiger partial charge is 0.463 e. The zero-order chi connectivity index (χ0) is 32.2. The van der Waals surface area contributed by atoms with Gasteiger partial charge in [-0.05, 0) is 31.1 Å². The first kappa shape index (κ1) is 37.2. The second kappa shape index (κ2) is 18.1. The van der Waals surface area contributed by atoms with Crippen molar-refractivity contribution in [2.45, 2.75) is 89.3 Å². The third-order valence-corrected chi connectivity index (χ3v) is 8.44. The second-order valence-corrected chi connectivity index (χ2v) is 12.9. The number of hydrogen-bond donors (Lipinski definition) is 4. The van der Waals surface area contributed by atoms with Gasteiger partial charge in [-0.1, -0.05) is 0 Å². The molecule has 1 heterocycles. The lowest BCUT2D eigenvalue weighted by Crippen LogP contribution is -2.54. The molecule has 0 bridgehead atoms. The fraction of sp³-hybridized carbons (Fsp3) is 0.840. The van der Waals surface area contributed by atoms with E-state index in [1.165, 1.54) is 35.0 Å². The number of amides is 2. The van der Waals surface area contributed by atoms with Crippen LogP contribution in [0.3, 0.4) is 0 Å². The van der Waals surface area contributed by atoms with Gasteiger partial charge in [0, 0.05) is 67.1 Å². The van der Waals surface area contributed by atoms with Gasteiger partial charge in [0.05, 0.1) is 6.04 Å². The van der Waals surface area contributed by atoms with Crippen molar-refractivity contribution >= 4 is 42.5 Å². The van der Waals surface area contributed by atoms with E-state index in [9.17, 15) is 29.2 Å². The Labute approximate surface area is 255 Å². The van der Waals surface area contributed by atoms with Crippen molar-refractivity contribution in [3.05, 3.63) is 0 Å². The quantitative estimate of drug-likeness (QED) is 0.0760. The number of nitrogens with one attached hydrogen (secondary N) is 2. The summed E-state index contributed by atoms with van der Waals surface area (Å²) in [5, 5.41) is 15.3. The molecule has 4 N–H and O–H groups in total. The molecule has 0 radical (unpaired) electrons. The summed E-state index contributed by atoms with van der Waals surface area (Å²) in [6.07, 6.45) is -3.53. The molecule has 1 saturated carbocycles. The van der Waals surface area contributed by atoms with Crippen molar-refractivity contribution in [2.24, 2.45) is 5.92 Å². The van der Waals surface area contributed by atoms with Gasteiger partial charge in [-0.2, -0.15) is 0 Å². The number of aliphatic hydroxyl groups excluding tert-OH is 1. The predicted octanol–water partition coefficient (Wildman–Crippen LogP) is 0.268. The van der Waals surface area contributed by atoms with Crippen molar-refractivity contribution < 1.29 is 66.6 Å². The van der Waals surface area contributed by atoms with E-state index in [4.69, 9.17) is 49.3 Å². The van der Waals surface area contributed by atoms with Gasteiger partial charge in [-0.3, -0.25) is 14.4 Å². The fourth-order valence-electron chi connectivity index (χ4n) is 4.92. The molecule has 0 aromatic carbocycles. The molecule has 2 fully saturated rings. The summed E-state index contributed by atoms with van der Waals surface area (Å²) in [7, 11) is 2.66. The van der Waals surface area contributed by atoms with E-state index >= 15 is 0 Å². The molecule has 18 heteroatoms. The molecule has 16 nitrogen and oxygen atoms in total. The molecule has 0 spiro atoms. The average molecular weight is 659 g/mol. The summed E-state index contributed by atoms with van der Waals surface area (Å²) in [5.74, 6) is -2.19. The van der Waals surface area contributed by atoms with Crippen LogP contribution >= 0.6 is 6.72 Å². The van der Waals surface area contributed by atoms with Crippen LogP contribution in [0.4, 0.5) is 4.79 Å². The van der Waals surface area contributed by atoms with E-state index in [-0.39, 0.29) is 26.2 Å². The zero-order valence-corrected chi connectivity index (χ0v) is 26.6. The van der Waals surface area contributed by atoms with Gasteiger partial charge in [0.25, 0.3) is 0 Å². The molecular formula is C25H43N2O14PS. The molecule has 9 atom stereocenters. The molecule has 2 rings (SSSR count). The number of aliphatic hydroxyl groups is 1. The van der Waals surface area contributed by atoms with Crippen LogP contribution in [0.25, 0.3) is 0 Å². The van der Waals surface area contributed by atoms with Gasteiger partial charge in [0.15, 0.2) is 12.4 Å². The first-order valence-electron chi connectivity index (χ1n) is 13.8. The maximum Gasteiger partial charge on any atom is 0.324 e. The van der Waals surface area contributed by atoms with Crippen LogP contribution in [0.15, 0.2) is 0 Å². The highest BCUT2D eigenvalue weighted by molar-refractivity contribution is 8.07. The Morgan fingerprint density at radius 2 is 1.67 bits per heavy atom. The Balaban J connectivity index is 1.81. The maximum absolute atomic E-state index is 12.5. The minimum absolute atomic E-state index is 0.0889. The van der Waals surface area contributed by atoms with Gasteiger partial charge in [0.1, 0.15) is 31.0 Å². The molecule has 0 aromatic heterocycles. The molecule has 1 saturated heterocycles. The highest BCUT2D eigenvalue weighted by Crippen LogP contribution is 2.48. The number of ether oxygens (including phenoxy) is 6. The lowest BCUT2D eigenvalue weighted by Gasteiger charge is -2.39. The number of urea groups is 1. The number of hydrogen-bond acceptors (Lipinski definition) is 14. The minimum Gasteiger partial charge on any atom is -0.463 e. The lowest BCUT2D eigenvalue weighted by atomic mass is 10.0. The van der Waals surface area contributed by atoms with Crippen LogP contribution in [0.1, 0.15) is 46.5 Å². The number of rotatable bonds is 16. The monoisotopic (exact) mass is 658 g/mol. The topological polar surface area (TPSA) is 207 Å². The Morgan fingerprint density at radius 3 is 2.26 bits per heavy atom. The molecule has 43 heavy (non-hydrogen) atoms. The normalized spacial score (nSPS) is 30.1. The minimum atomic E-state index is -3.52. The first-order chi connectivity index (χ1) is 20.3. The Hall–Kier alpha value is -1.95. The van der Waals surface area contributed by atoms with Gasteiger partial charge >= 0.3 is 30.7 Å². The van der Waals surface area contributed by atoms with Crippen LogP contribution < -0.4 is 10.6 Å². The van der Waals surface area contributed by atoms with E-state index in [0.717, 1.165) is 0 Å². The van der Waals surface area contributed by atoms with Crippen LogP contribution in [0, 0.1) is 5.92 Å². The summed E-state index contributed by atoms with van der Waals surface area (Å²) in [6.45, 7) is 0.189. The highest BCUT2D eigenvalue weighted by Gasteiger charge is 2.47. The van der Waals surface area contributed by atoms with Crippen molar-refractivity contribution in [2.75, 3.05) is 40.6 Å². The number of carbonyl (C=O) groups excluding carboxylic acids is 4. The number of unbranched alkanes of at least 4 members (excludes halogenated alkanes) is 1. The summed E-state index contributed by atoms with van der Waals surface area (Å²) in [5.41, 5.74) is 0. The summed E-state index contributed by atoms with van der Waals surface area (Å²) >= 11 is 4.92. The molecule has 2 aliphatic rings. The number of esters is 3. The molecule has 2 amide bonds. The molecule has 0 aromatic rings. The SMILES string of the molecule is COC1C(NC(=O)NCCCCOC2CC(OC(C)=O)C(OC(C)=O)C(COC(C)=O)O2)CC(CO)C1OP(O)(=S)OC. The zero-order valence-electron chi connectivity index (χ0n) is 24.9. The number of methoxy groups -OCH3 is 1. The summed E-state index contributed by atoms with van der Waals surface area (Å²) in [4.78, 5) is 57.2. The van der Waals surface area contributed by atoms with E-state index in [0.29, 0.717) is 25.8 Å². The molecular weight excluding hydrogens is 615 g/mol. The second-order valence-electron chi connectivity index (χ2n) is 10.0. The van der Waals surface area contributed by atoms with Crippen LogP contribution in [-0.4, -0.2) is 117 Å². The van der Waals surface area contributed by atoms with Crippen LogP contribution in [-0.2, 0) is 63.7 Å². The summed E-state index contributed by atoms with van der Waals surface area (Å²) < 4.78 is 43.2. The molecule has 1 aliphatic carbocycles. The van der Waals surface area contributed by atoms with Crippen LogP contribution in [0.5, 0.6) is 0 Å². The molecule has 9 unspecified atom stereocenters. The number of carbonyl (C=O) groups is 4. The lowest BCUT2D eigenvalue weighted by molar-refractivity contribution is -0.266. The maximum atomic E-state index is 12.5. The van der Waals surface area contributed by atoms with Crippen molar-refractivity contribution in [3.8, 4) is 0 Å². The smallest absolute Gasteiger partial charge is 0.324 e. The van der Waals surface area contributed by atoms with E-state index in [1.54, 1.807) is 0 Å². The van der Waals surface area contributed by atoms with E-state index in [2.05, 4.69) is 10.6 Å². The average Bonchev–Trinajstić information content (AvgIpc) is 3.24. The van der Waals surface area contributed by atoms with Gasteiger partial charge in [-0.15, -0.1) is 0 Å². The highest BCUT2D eigenvalue weighted by atomic mass is 32.5. The Morgan fingerprint density at radius 1 is 0.977 bits per heavy atom. The standard InChI is InChI=1S/C25H43N2O14PS/c1-14(29)37-13-20-24(39-16(3)31)19(38-15(2)30)11-21(40-20)36-9-7-6-8-26-25(32)27-18-10-17(12-28)22(23(18)34-4)41-42(33,43)35-5/h17-24,28H,6-13H2,1-5H3,(H,33,43)(H2,26,27,32). The van der Waals surface area contributed by atoms with Crippen molar-refractivity contribution in [1.29, 1.82) is 0 Å². The third-order valence-electron chi connectivity index (χ3n) is 6.77. The fourth-order valence-corrected chi connectivity index (χ4v) is 5.90. The Bertz CT molecular complexity index is 990. The summed E-state index contributed by atoms with van der Waals surface area (Å²) in [6, 6.07) is -0.961. The van der Waals surface area contributed by atoms with Crippen molar-refractivity contribution in [1.82, 2.24) is 10.6 Å². The molecule has 248 valence electrons. The van der Waals surface area contributed by atoms with Crippen molar-refractivity contribution in [3.63, 3.8) is 0 Å². The first-order valence-corrected chi connectivity index (χ1v) is 16.4. The van der Waals surface area contributed by atoms with E-state index in [1.807, 2.05) is 0 Å². The van der Waals surface area contributed by atoms with Gasteiger partial charge in [0.2, 0.25) is 0 Å².